The average Bonchev–Trinajstić information content (AvgIpc) is 3.44. The van der Waals surface area contributed by atoms with Crippen molar-refractivity contribution in [2.45, 2.75) is 36.9 Å². The van der Waals surface area contributed by atoms with Gasteiger partial charge in [-0.3, -0.25) is 14.8 Å². The summed E-state index contributed by atoms with van der Waals surface area (Å²) in [6, 6.07) is 2.60. The zero-order valence-corrected chi connectivity index (χ0v) is 18.8. The lowest BCUT2D eigenvalue weighted by Crippen LogP contribution is -2.51. The number of urea groups is 1. The van der Waals surface area contributed by atoms with Gasteiger partial charge in [0.15, 0.2) is 10.8 Å². The summed E-state index contributed by atoms with van der Waals surface area (Å²) in [5.74, 6) is -2.60. The molecular formula is C21H15ClF4N8O2. The van der Waals surface area contributed by atoms with E-state index < -0.39 is 36.5 Å². The molecule has 4 aromatic heterocycles. The molecule has 2 aliphatic rings. The second kappa shape index (κ2) is 7.85. The third kappa shape index (κ3) is 3.81. The summed E-state index contributed by atoms with van der Waals surface area (Å²) >= 11 is 6.25. The lowest BCUT2D eigenvalue weighted by Gasteiger charge is -2.22. The highest BCUT2D eigenvalue weighted by Gasteiger charge is 2.43. The molecule has 1 aliphatic carbocycles. The minimum Gasteiger partial charge on any atom is -0.337 e. The van der Waals surface area contributed by atoms with Crippen molar-refractivity contribution >= 4 is 40.2 Å². The van der Waals surface area contributed by atoms with Gasteiger partial charge in [-0.05, 0) is 36.0 Å². The van der Waals surface area contributed by atoms with Gasteiger partial charge in [0.1, 0.15) is 12.1 Å². The van der Waals surface area contributed by atoms with E-state index in [9.17, 15) is 27.2 Å². The van der Waals surface area contributed by atoms with Gasteiger partial charge in [0.2, 0.25) is 5.91 Å². The molecule has 15 heteroatoms. The van der Waals surface area contributed by atoms with Crippen LogP contribution >= 0.6 is 11.6 Å². The molecule has 0 spiro atoms. The fourth-order valence-corrected chi connectivity index (χ4v) is 4.80. The third-order valence-electron chi connectivity index (χ3n) is 6.37. The number of hydrogen-bond acceptors (Lipinski definition) is 6. The van der Waals surface area contributed by atoms with Crippen LogP contribution in [0, 0.1) is 5.95 Å². The Morgan fingerprint density at radius 3 is 2.67 bits per heavy atom. The van der Waals surface area contributed by atoms with Crippen LogP contribution in [0.3, 0.4) is 0 Å². The van der Waals surface area contributed by atoms with Crippen molar-refractivity contribution < 1.29 is 27.2 Å². The van der Waals surface area contributed by atoms with Crippen molar-refractivity contribution in [3.8, 4) is 0 Å². The standard InChI is InChI=1S/C21H15ClF4N8O2/c22-15-6-28-18-11(3-13(31-34(15)18)12-5-29-20(36)30-19(12)35)10-2-9(10)8-1-14-16(27-4-8)17(23)32-33(14)7-21(24,25)26/h1,3-4,6,9-10,12H,2,5,7H2,(H2,29,30,35,36)/t9-,10+,12?/m1/s1. The molecule has 5 heterocycles. The topological polar surface area (TPSA) is 119 Å². The second-order valence-electron chi connectivity index (χ2n) is 8.74. The zero-order valence-electron chi connectivity index (χ0n) is 18.1. The van der Waals surface area contributed by atoms with Crippen molar-refractivity contribution in [2.24, 2.45) is 0 Å². The highest BCUT2D eigenvalue weighted by atomic mass is 35.5. The Morgan fingerprint density at radius 1 is 1.11 bits per heavy atom. The van der Waals surface area contributed by atoms with Gasteiger partial charge in [-0.2, -0.15) is 22.7 Å². The maximum absolute atomic E-state index is 14.1. The average molecular weight is 523 g/mol. The number of fused-ring (bicyclic) bond motifs is 2. The van der Waals surface area contributed by atoms with Gasteiger partial charge in [-0.1, -0.05) is 11.6 Å². The second-order valence-corrected chi connectivity index (χ2v) is 9.13. The molecule has 36 heavy (non-hydrogen) atoms. The first kappa shape index (κ1) is 22.6. The normalized spacial score (nSPS) is 22.2. The fourth-order valence-electron chi connectivity index (χ4n) is 4.63. The van der Waals surface area contributed by atoms with E-state index in [0.29, 0.717) is 28.0 Å². The van der Waals surface area contributed by atoms with Gasteiger partial charge in [0, 0.05) is 18.3 Å². The maximum Gasteiger partial charge on any atom is 0.408 e. The van der Waals surface area contributed by atoms with E-state index in [1.54, 1.807) is 6.07 Å². The Hall–Kier alpha value is -3.81. The number of carbonyl (C=O) groups is 2. The molecule has 1 saturated carbocycles. The van der Waals surface area contributed by atoms with Gasteiger partial charge in [-0.15, -0.1) is 5.10 Å². The van der Waals surface area contributed by atoms with Crippen molar-refractivity contribution in [2.75, 3.05) is 6.54 Å². The number of imidazole rings is 1. The number of nitrogens with zero attached hydrogens (tertiary/aromatic N) is 6. The van der Waals surface area contributed by atoms with Crippen LogP contribution in [0.1, 0.15) is 41.0 Å². The van der Waals surface area contributed by atoms with E-state index in [1.165, 1.54) is 23.0 Å². The molecule has 4 aromatic rings. The number of aromatic nitrogens is 6. The molecule has 2 N–H and O–H groups in total. The summed E-state index contributed by atoms with van der Waals surface area (Å²) in [5, 5.41) is 12.8. The number of carbonyl (C=O) groups excluding carboxylic acids is 2. The lowest BCUT2D eigenvalue weighted by atomic mass is 9.99. The van der Waals surface area contributed by atoms with E-state index in [-0.39, 0.29) is 34.6 Å². The smallest absolute Gasteiger partial charge is 0.337 e. The molecule has 1 saturated heterocycles. The largest absolute Gasteiger partial charge is 0.408 e. The van der Waals surface area contributed by atoms with Gasteiger partial charge in [0.05, 0.1) is 23.3 Å². The summed E-state index contributed by atoms with van der Waals surface area (Å²) in [6.07, 6.45) is -1.12. The van der Waals surface area contributed by atoms with E-state index in [1.807, 2.05) is 0 Å². The number of imide groups is 1. The number of amides is 3. The molecular weight excluding hydrogens is 508 g/mol. The maximum atomic E-state index is 14.1. The van der Waals surface area contributed by atoms with Gasteiger partial charge in [0.25, 0.3) is 5.95 Å². The number of alkyl halides is 3. The number of rotatable bonds is 4. The van der Waals surface area contributed by atoms with Crippen molar-refractivity contribution in [1.82, 2.24) is 40.0 Å². The summed E-state index contributed by atoms with van der Waals surface area (Å²) in [4.78, 5) is 32.2. The Morgan fingerprint density at radius 2 is 1.92 bits per heavy atom. The molecule has 3 atom stereocenters. The van der Waals surface area contributed by atoms with Gasteiger partial charge in [-0.25, -0.2) is 19.3 Å². The molecule has 0 bridgehead atoms. The Bertz CT molecular complexity index is 1570. The van der Waals surface area contributed by atoms with E-state index in [2.05, 4.69) is 30.8 Å². The Labute approximate surface area is 203 Å². The molecule has 2 fully saturated rings. The first-order chi connectivity index (χ1) is 17.1. The molecule has 1 unspecified atom stereocenters. The molecule has 10 nitrogen and oxygen atoms in total. The highest BCUT2D eigenvalue weighted by Crippen LogP contribution is 2.56. The van der Waals surface area contributed by atoms with Crippen molar-refractivity contribution in [1.29, 1.82) is 0 Å². The quantitative estimate of drug-likeness (QED) is 0.398. The predicted molar refractivity (Wildman–Crippen MR) is 116 cm³/mol. The SMILES string of the molecule is O=C1NCC(c2cc([C@H]3C[C@@H]3c3cnc4c(F)nn(CC(F)(F)F)c4c3)c3ncc(Cl)n3n2)C(=O)N1. The van der Waals surface area contributed by atoms with E-state index in [0.717, 1.165) is 5.56 Å². The Kier molecular flexibility index (Phi) is 4.94. The van der Waals surface area contributed by atoms with Crippen LogP contribution in [0.25, 0.3) is 16.7 Å². The zero-order chi connectivity index (χ0) is 25.4. The van der Waals surface area contributed by atoms with Crippen molar-refractivity contribution in [3.05, 3.63) is 52.4 Å². The van der Waals surface area contributed by atoms with Crippen molar-refractivity contribution in [3.63, 3.8) is 0 Å². The summed E-state index contributed by atoms with van der Waals surface area (Å²) in [6.45, 7) is -1.38. The molecule has 0 radical (unpaired) electrons. The fraction of sp³-hybridized carbons (Fsp3) is 0.333. The number of halogens is 5. The van der Waals surface area contributed by atoms with Crippen LogP contribution in [0.4, 0.5) is 22.4 Å². The Balaban J connectivity index is 1.37. The highest BCUT2D eigenvalue weighted by molar-refractivity contribution is 6.29. The lowest BCUT2D eigenvalue weighted by molar-refractivity contribution is -0.142. The molecule has 186 valence electrons. The van der Waals surface area contributed by atoms with Gasteiger partial charge >= 0.3 is 12.2 Å². The van der Waals surface area contributed by atoms with Crippen LogP contribution in [0.5, 0.6) is 0 Å². The first-order valence-corrected chi connectivity index (χ1v) is 11.2. The monoisotopic (exact) mass is 522 g/mol. The number of pyridine rings is 1. The van der Waals surface area contributed by atoms with E-state index >= 15 is 0 Å². The summed E-state index contributed by atoms with van der Waals surface area (Å²) in [5.41, 5.74) is 1.91. The number of hydrogen-bond donors (Lipinski definition) is 2. The first-order valence-electron chi connectivity index (χ1n) is 10.8. The van der Waals surface area contributed by atoms with Crippen LogP contribution in [-0.2, 0) is 11.3 Å². The minimum absolute atomic E-state index is 0.0491. The molecule has 0 aromatic carbocycles. The number of nitrogens with one attached hydrogen (secondary N) is 2. The summed E-state index contributed by atoms with van der Waals surface area (Å²) in [7, 11) is 0. The minimum atomic E-state index is -4.58. The molecule has 6 rings (SSSR count). The van der Waals surface area contributed by atoms with Gasteiger partial charge < -0.3 is 5.32 Å². The van der Waals surface area contributed by atoms with Crippen LogP contribution < -0.4 is 10.6 Å². The predicted octanol–water partition coefficient (Wildman–Crippen LogP) is 3.02. The third-order valence-corrected chi connectivity index (χ3v) is 6.63. The van der Waals surface area contributed by atoms with E-state index in [4.69, 9.17) is 11.6 Å². The van der Waals surface area contributed by atoms with Crippen LogP contribution in [0.2, 0.25) is 5.15 Å². The molecule has 3 amide bonds. The van der Waals surface area contributed by atoms with Crippen LogP contribution in [-0.4, -0.2) is 54.0 Å². The summed E-state index contributed by atoms with van der Waals surface area (Å²) < 4.78 is 54.9. The molecule has 1 aliphatic heterocycles. The van der Waals surface area contributed by atoms with Crippen LogP contribution in [0.15, 0.2) is 24.5 Å².